The van der Waals surface area contributed by atoms with Crippen LogP contribution in [0.5, 0.6) is 0 Å². The average molecular weight is 192 g/mol. The van der Waals surface area contributed by atoms with E-state index in [1.54, 1.807) is 6.07 Å². The quantitative estimate of drug-likeness (QED) is 0.675. The molecule has 1 aromatic rings. The molecule has 0 saturated heterocycles. The van der Waals surface area contributed by atoms with E-state index in [0.717, 1.165) is 12.0 Å². The van der Waals surface area contributed by atoms with Crippen LogP contribution in [0.25, 0.3) is 0 Å². The number of carbonyl (C=O) groups is 1. The topological polar surface area (TPSA) is 46.5 Å². The van der Waals surface area contributed by atoms with Gasteiger partial charge in [0.2, 0.25) is 0 Å². The highest BCUT2D eigenvalue weighted by atomic mass is 16.5. The number of esters is 1. The van der Waals surface area contributed by atoms with Crippen LogP contribution in [0, 0.1) is 0 Å². The van der Waals surface area contributed by atoms with Crippen LogP contribution in [0.15, 0.2) is 24.3 Å². The van der Waals surface area contributed by atoms with E-state index in [1.165, 1.54) is 7.11 Å². The maximum Gasteiger partial charge on any atom is 0.342 e. The van der Waals surface area contributed by atoms with Gasteiger partial charge in [-0.15, -0.1) is 0 Å². The van der Waals surface area contributed by atoms with Crippen LogP contribution in [-0.4, -0.2) is 18.2 Å². The molecule has 14 heavy (non-hydrogen) atoms. The lowest BCUT2D eigenvalue weighted by Crippen LogP contribution is -2.34. The molecule has 0 aliphatic heterocycles. The number of fused-ring (bicyclic) bond motifs is 1. The Morgan fingerprint density at radius 2 is 2.21 bits per heavy atom. The van der Waals surface area contributed by atoms with Crippen molar-refractivity contribution in [1.82, 2.24) is 0 Å². The van der Waals surface area contributed by atoms with Crippen molar-refractivity contribution in [3.8, 4) is 0 Å². The predicted octanol–water partition coefficient (Wildman–Crippen LogP) is 0.993. The van der Waals surface area contributed by atoms with E-state index in [-0.39, 0.29) is 0 Å². The highest BCUT2D eigenvalue weighted by Crippen LogP contribution is 2.37. The van der Waals surface area contributed by atoms with Crippen LogP contribution in [0.1, 0.15) is 17.5 Å². The molecule has 74 valence electrons. The van der Waals surface area contributed by atoms with Gasteiger partial charge in [0.25, 0.3) is 0 Å². The van der Waals surface area contributed by atoms with E-state index in [4.69, 9.17) is 0 Å². The summed E-state index contributed by atoms with van der Waals surface area (Å²) in [6.45, 7) is 0. The second-order valence-corrected chi connectivity index (χ2v) is 3.51. The van der Waals surface area contributed by atoms with Gasteiger partial charge in [0.05, 0.1) is 7.11 Å². The molecule has 0 aromatic heterocycles. The Balaban J connectivity index is 2.47. The molecule has 1 N–H and O–H groups in total. The minimum atomic E-state index is -1.43. The molecule has 2 rings (SSSR count). The zero-order valence-electron chi connectivity index (χ0n) is 7.99. The molecule has 3 nitrogen and oxygen atoms in total. The molecule has 1 aliphatic carbocycles. The number of ether oxygens (including phenoxy) is 1. The van der Waals surface area contributed by atoms with Crippen molar-refractivity contribution in [1.29, 1.82) is 0 Å². The standard InChI is InChI=1S/C11H12O3/c1-14-10(12)11(13)7-6-8-4-2-3-5-9(8)11/h2-5,13H,6-7H2,1H3/t11-/m0/s1. The van der Waals surface area contributed by atoms with Gasteiger partial charge in [-0.2, -0.15) is 0 Å². The van der Waals surface area contributed by atoms with E-state index in [0.29, 0.717) is 12.0 Å². The van der Waals surface area contributed by atoms with Crippen LogP contribution in [-0.2, 0) is 21.6 Å². The number of aliphatic hydroxyl groups is 1. The van der Waals surface area contributed by atoms with Crippen molar-refractivity contribution in [2.45, 2.75) is 18.4 Å². The fourth-order valence-corrected chi connectivity index (χ4v) is 1.97. The molecule has 1 aliphatic rings. The first-order chi connectivity index (χ1) is 6.68. The van der Waals surface area contributed by atoms with Crippen molar-refractivity contribution >= 4 is 5.97 Å². The van der Waals surface area contributed by atoms with E-state index >= 15 is 0 Å². The Morgan fingerprint density at radius 3 is 2.93 bits per heavy atom. The number of benzene rings is 1. The molecule has 0 unspecified atom stereocenters. The van der Waals surface area contributed by atoms with Crippen LogP contribution in [0.4, 0.5) is 0 Å². The van der Waals surface area contributed by atoms with Gasteiger partial charge in [0.15, 0.2) is 5.60 Å². The summed E-state index contributed by atoms with van der Waals surface area (Å²) in [6, 6.07) is 7.43. The van der Waals surface area contributed by atoms with Gasteiger partial charge in [-0.3, -0.25) is 0 Å². The second kappa shape index (κ2) is 3.10. The number of aryl methyl sites for hydroxylation is 1. The molecular weight excluding hydrogens is 180 g/mol. The minimum Gasteiger partial charge on any atom is -0.467 e. The fraction of sp³-hybridized carbons (Fsp3) is 0.364. The Labute approximate surface area is 82.3 Å². The Kier molecular flexibility index (Phi) is 2.04. The monoisotopic (exact) mass is 192 g/mol. The molecular formula is C11H12O3. The molecule has 3 heteroatoms. The second-order valence-electron chi connectivity index (χ2n) is 3.51. The third-order valence-electron chi connectivity index (χ3n) is 2.74. The number of rotatable bonds is 1. The van der Waals surface area contributed by atoms with E-state index in [1.807, 2.05) is 18.2 Å². The lowest BCUT2D eigenvalue weighted by atomic mass is 9.96. The predicted molar refractivity (Wildman–Crippen MR) is 50.7 cm³/mol. The van der Waals surface area contributed by atoms with Gasteiger partial charge in [0, 0.05) is 0 Å². The molecule has 0 saturated carbocycles. The van der Waals surface area contributed by atoms with Gasteiger partial charge >= 0.3 is 5.97 Å². The number of methoxy groups -OCH3 is 1. The summed E-state index contributed by atoms with van der Waals surface area (Å²) < 4.78 is 4.61. The van der Waals surface area contributed by atoms with Gasteiger partial charge in [0.1, 0.15) is 0 Å². The Bertz CT molecular complexity index is 373. The van der Waals surface area contributed by atoms with Crippen LogP contribution < -0.4 is 0 Å². The average Bonchev–Trinajstić information content (AvgIpc) is 2.58. The largest absolute Gasteiger partial charge is 0.467 e. The minimum absolute atomic E-state index is 0.416. The van der Waals surface area contributed by atoms with Crippen LogP contribution in [0.3, 0.4) is 0 Å². The van der Waals surface area contributed by atoms with Crippen LogP contribution in [0.2, 0.25) is 0 Å². The highest BCUT2D eigenvalue weighted by Gasteiger charge is 2.44. The summed E-state index contributed by atoms with van der Waals surface area (Å²) in [4.78, 5) is 11.4. The zero-order valence-corrected chi connectivity index (χ0v) is 7.99. The molecule has 0 heterocycles. The molecule has 1 atom stereocenters. The van der Waals surface area contributed by atoms with Gasteiger partial charge < -0.3 is 9.84 Å². The first-order valence-electron chi connectivity index (χ1n) is 4.57. The van der Waals surface area contributed by atoms with E-state index in [9.17, 15) is 9.90 Å². The van der Waals surface area contributed by atoms with Crippen molar-refractivity contribution in [2.75, 3.05) is 7.11 Å². The summed E-state index contributed by atoms with van der Waals surface area (Å²) in [5, 5.41) is 10.1. The van der Waals surface area contributed by atoms with Gasteiger partial charge in [-0.1, -0.05) is 24.3 Å². The summed E-state index contributed by atoms with van der Waals surface area (Å²) in [5.74, 6) is -0.567. The Morgan fingerprint density at radius 1 is 1.50 bits per heavy atom. The van der Waals surface area contributed by atoms with Crippen LogP contribution >= 0.6 is 0 Å². The number of hydrogen-bond acceptors (Lipinski definition) is 3. The maximum atomic E-state index is 11.4. The summed E-state index contributed by atoms with van der Waals surface area (Å²) in [6.07, 6.45) is 1.14. The smallest absolute Gasteiger partial charge is 0.342 e. The lowest BCUT2D eigenvalue weighted by Gasteiger charge is -2.20. The van der Waals surface area contributed by atoms with Crippen molar-refractivity contribution in [3.63, 3.8) is 0 Å². The lowest BCUT2D eigenvalue weighted by molar-refractivity contribution is -0.163. The first-order valence-corrected chi connectivity index (χ1v) is 4.57. The van der Waals surface area contributed by atoms with Crippen molar-refractivity contribution in [3.05, 3.63) is 35.4 Å². The number of hydrogen-bond donors (Lipinski definition) is 1. The number of carbonyl (C=O) groups excluding carboxylic acids is 1. The highest BCUT2D eigenvalue weighted by molar-refractivity contribution is 5.82. The molecule has 0 fully saturated rings. The molecule has 0 bridgehead atoms. The molecule has 0 radical (unpaired) electrons. The fourth-order valence-electron chi connectivity index (χ4n) is 1.97. The third kappa shape index (κ3) is 1.13. The third-order valence-corrected chi connectivity index (χ3v) is 2.74. The molecule has 0 amide bonds. The van der Waals surface area contributed by atoms with Gasteiger partial charge in [-0.05, 0) is 24.0 Å². The molecule has 0 spiro atoms. The van der Waals surface area contributed by atoms with E-state index in [2.05, 4.69) is 4.74 Å². The van der Waals surface area contributed by atoms with Crippen molar-refractivity contribution < 1.29 is 14.6 Å². The Hall–Kier alpha value is -1.35. The summed E-state index contributed by atoms with van der Waals surface area (Å²) in [5.41, 5.74) is 0.290. The van der Waals surface area contributed by atoms with Crippen molar-refractivity contribution in [2.24, 2.45) is 0 Å². The first kappa shape index (κ1) is 9.21. The normalized spacial score (nSPS) is 24.4. The summed E-state index contributed by atoms with van der Waals surface area (Å²) in [7, 11) is 1.29. The molecule has 1 aromatic carbocycles. The van der Waals surface area contributed by atoms with Gasteiger partial charge in [-0.25, -0.2) is 4.79 Å². The maximum absolute atomic E-state index is 11.4. The van der Waals surface area contributed by atoms with E-state index < -0.39 is 11.6 Å². The SMILES string of the molecule is COC(=O)[C@]1(O)CCc2ccccc21. The summed E-state index contributed by atoms with van der Waals surface area (Å²) >= 11 is 0. The zero-order chi connectivity index (χ0) is 10.2.